The summed E-state index contributed by atoms with van der Waals surface area (Å²) in [6.07, 6.45) is 3.15. The van der Waals surface area contributed by atoms with E-state index in [1.54, 1.807) is 7.11 Å². The van der Waals surface area contributed by atoms with E-state index in [1.807, 2.05) is 0 Å². The van der Waals surface area contributed by atoms with Crippen molar-refractivity contribution in [2.75, 3.05) is 33.5 Å². The second kappa shape index (κ2) is 11.5. The van der Waals surface area contributed by atoms with Crippen LogP contribution in [-0.2, 0) is 19.0 Å². The zero-order valence-corrected chi connectivity index (χ0v) is 9.79. The van der Waals surface area contributed by atoms with E-state index in [0.717, 1.165) is 12.8 Å². The van der Waals surface area contributed by atoms with Crippen LogP contribution in [0.1, 0.15) is 32.6 Å². The molecule has 0 saturated heterocycles. The summed E-state index contributed by atoms with van der Waals surface area (Å²) in [5.41, 5.74) is 0. The summed E-state index contributed by atoms with van der Waals surface area (Å²) in [5, 5.41) is 0. The van der Waals surface area contributed by atoms with E-state index in [4.69, 9.17) is 14.2 Å². The van der Waals surface area contributed by atoms with Gasteiger partial charge in [0.2, 0.25) is 0 Å². The number of unbranched alkanes of at least 4 members (excludes halogenated alkanes) is 1. The van der Waals surface area contributed by atoms with Crippen LogP contribution in [0.2, 0.25) is 0 Å². The topological polar surface area (TPSA) is 44.8 Å². The van der Waals surface area contributed by atoms with Crippen LogP contribution in [0.5, 0.6) is 0 Å². The number of methoxy groups -OCH3 is 1. The summed E-state index contributed by atoms with van der Waals surface area (Å²) in [5.74, 6) is -0.126. The molecule has 0 saturated carbocycles. The summed E-state index contributed by atoms with van der Waals surface area (Å²) in [7, 11) is 1.63. The first-order valence-electron chi connectivity index (χ1n) is 5.53. The number of rotatable bonds is 10. The van der Waals surface area contributed by atoms with Crippen LogP contribution in [0.3, 0.4) is 0 Å². The minimum absolute atomic E-state index is 0.126. The summed E-state index contributed by atoms with van der Waals surface area (Å²) in [4.78, 5) is 11.1. The van der Waals surface area contributed by atoms with Gasteiger partial charge in [-0.25, -0.2) is 0 Å². The normalized spacial score (nSPS) is 10.3. The number of ether oxygens (including phenoxy) is 3. The highest BCUT2D eigenvalue weighted by Crippen LogP contribution is 1.96. The van der Waals surface area contributed by atoms with Gasteiger partial charge < -0.3 is 14.2 Å². The van der Waals surface area contributed by atoms with E-state index >= 15 is 0 Å². The maximum absolute atomic E-state index is 11.1. The quantitative estimate of drug-likeness (QED) is 0.414. The van der Waals surface area contributed by atoms with Crippen molar-refractivity contribution in [3.8, 4) is 0 Å². The number of hydrogen-bond acceptors (Lipinski definition) is 4. The van der Waals surface area contributed by atoms with Gasteiger partial charge in [0, 0.05) is 20.1 Å². The lowest BCUT2D eigenvalue weighted by Crippen LogP contribution is -2.08. The molecule has 0 N–H and O–H groups in total. The molecule has 0 aliphatic carbocycles. The lowest BCUT2D eigenvalue weighted by Gasteiger charge is -2.04. The SMILES string of the molecule is CCCCOC(=O)CCCOCCOC. The maximum Gasteiger partial charge on any atom is 0.305 e. The lowest BCUT2D eigenvalue weighted by molar-refractivity contribution is -0.144. The summed E-state index contributed by atoms with van der Waals surface area (Å²) < 4.78 is 15.0. The van der Waals surface area contributed by atoms with Crippen LogP contribution < -0.4 is 0 Å². The van der Waals surface area contributed by atoms with Crippen molar-refractivity contribution in [3.05, 3.63) is 0 Å². The van der Waals surface area contributed by atoms with Crippen molar-refractivity contribution >= 4 is 5.97 Å². The average Bonchev–Trinajstić information content (AvgIpc) is 2.23. The van der Waals surface area contributed by atoms with Crippen LogP contribution in [0, 0.1) is 0 Å². The third-order valence-electron chi connectivity index (χ3n) is 1.86. The molecule has 0 radical (unpaired) electrons. The molecule has 0 aromatic heterocycles. The van der Waals surface area contributed by atoms with Gasteiger partial charge in [-0.15, -0.1) is 0 Å². The van der Waals surface area contributed by atoms with Crippen LogP contribution in [0.25, 0.3) is 0 Å². The van der Waals surface area contributed by atoms with Crippen molar-refractivity contribution < 1.29 is 19.0 Å². The van der Waals surface area contributed by atoms with Crippen molar-refractivity contribution in [3.63, 3.8) is 0 Å². The van der Waals surface area contributed by atoms with Gasteiger partial charge >= 0.3 is 5.97 Å². The van der Waals surface area contributed by atoms with Gasteiger partial charge in [-0.2, -0.15) is 0 Å². The third-order valence-corrected chi connectivity index (χ3v) is 1.86. The molecular formula is C11H22O4. The van der Waals surface area contributed by atoms with E-state index in [-0.39, 0.29) is 5.97 Å². The van der Waals surface area contributed by atoms with Crippen molar-refractivity contribution in [2.24, 2.45) is 0 Å². The number of carbonyl (C=O) groups excluding carboxylic acids is 1. The van der Waals surface area contributed by atoms with Gasteiger partial charge in [-0.1, -0.05) is 13.3 Å². The largest absolute Gasteiger partial charge is 0.466 e. The molecule has 0 heterocycles. The summed E-state index contributed by atoms with van der Waals surface area (Å²) in [6.45, 7) is 4.38. The molecule has 0 amide bonds. The predicted molar refractivity (Wildman–Crippen MR) is 57.8 cm³/mol. The van der Waals surface area contributed by atoms with E-state index in [9.17, 15) is 4.79 Å². The highest BCUT2D eigenvalue weighted by molar-refractivity contribution is 5.69. The Labute approximate surface area is 91.9 Å². The molecule has 0 aliphatic heterocycles. The van der Waals surface area contributed by atoms with E-state index in [2.05, 4.69) is 6.92 Å². The first-order valence-corrected chi connectivity index (χ1v) is 5.53. The highest BCUT2D eigenvalue weighted by atomic mass is 16.5. The maximum atomic E-state index is 11.1. The van der Waals surface area contributed by atoms with E-state index in [1.165, 1.54) is 0 Å². The Morgan fingerprint density at radius 2 is 1.87 bits per heavy atom. The zero-order chi connectivity index (χ0) is 11.4. The Kier molecular flexibility index (Phi) is 11.0. The molecule has 0 aromatic rings. The van der Waals surface area contributed by atoms with Gasteiger partial charge in [0.05, 0.1) is 19.8 Å². The molecule has 4 heteroatoms. The zero-order valence-electron chi connectivity index (χ0n) is 9.79. The first-order chi connectivity index (χ1) is 7.31. The van der Waals surface area contributed by atoms with Gasteiger partial charge in [-0.3, -0.25) is 4.79 Å². The molecule has 0 unspecified atom stereocenters. The smallest absolute Gasteiger partial charge is 0.305 e. The Balaban J connectivity index is 3.10. The van der Waals surface area contributed by atoms with Gasteiger partial charge in [0.15, 0.2) is 0 Å². The Bertz CT molecular complexity index is 148. The van der Waals surface area contributed by atoms with E-state index in [0.29, 0.717) is 39.3 Å². The molecule has 0 aromatic carbocycles. The number of hydrogen-bond donors (Lipinski definition) is 0. The standard InChI is InChI=1S/C11H22O4/c1-3-4-8-15-11(12)6-5-7-14-10-9-13-2/h3-10H2,1-2H3. The molecule has 4 nitrogen and oxygen atoms in total. The molecule has 0 bridgehead atoms. The van der Waals surface area contributed by atoms with Crippen molar-refractivity contribution in [1.82, 2.24) is 0 Å². The average molecular weight is 218 g/mol. The second-order valence-electron chi connectivity index (χ2n) is 3.28. The van der Waals surface area contributed by atoms with Gasteiger partial charge in [-0.05, 0) is 12.8 Å². The monoisotopic (exact) mass is 218 g/mol. The minimum atomic E-state index is -0.126. The van der Waals surface area contributed by atoms with Crippen LogP contribution >= 0.6 is 0 Å². The number of esters is 1. The molecular weight excluding hydrogens is 196 g/mol. The molecule has 0 aliphatic rings. The second-order valence-corrected chi connectivity index (χ2v) is 3.28. The Morgan fingerprint density at radius 1 is 1.07 bits per heavy atom. The molecule has 0 atom stereocenters. The fraction of sp³-hybridized carbons (Fsp3) is 0.909. The third kappa shape index (κ3) is 11.3. The molecule has 90 valence electrons. The lowest BCUT2D eigenvalue weighted by atomic mass is 10.3. The highest BCUT2D eigenvalue weighted by Gasteiger charge is 2.01. The van der Waals surface area contributed by atoms with Crippen LogP contribution in [0.15, 0.2) is 0 Å². The van der Waals surface area contributed by atoms with Gasteiger partial charge in [0.25, 0.3) is 0 Å². The first kappa shape index (κ1) is 14.4. The summed E-state index contributed by atoms with van der Waals surface area (Å²) >= 11 is 0. The van der Waals surface area contributed by atoms with Crippen molar-refractivity contribution in [2.45, 2.75) is 32.6 Å². The number of carbonyl (C=O) groups is 1. The fourth-order valence-electron chi connectivity index (χ4n) is 0.965. The van der Waals surface area contributed by atoms with Gasteiger partial charge in [0.1, 0.15) is 0 Å². The predicted octanol–water partition coefficient (Wildman–Crippen LogP) is 1.77. The van der Waals surface area contributed by atoms with Crippen LogP contribution in [0.4, 0.5) is 0 Å². The molecule has 0 rings (SSSR count). The van der Waals surface area contributed by atoms with E-state index < -0.39 is 0 Å². The summed E-state index contributed by atoms with van der Waals surface area (Å²) in [6, 6.07) is 0. The molecule has 0 fully saturated rings. The minimum Gasteiger partial charge on any atom is -0.466 e. The Hall–Kier alpha value is -0.610. The van der Waals surface area contributed by atoms with Crippen LogP contribution in [-0.4, -0.2) is 39.5 Å². The fourth-order valence-corrected chi connectivity index (χ4v) is 0.965. The molecule has 15 heavy (non-hydrogen) atoms. The van der Waals surface area contributed by atoms with Crippen molar-refractivity contribution in [1.29, 1.82) is 0 Å². The Morgan fingerprint density at radius 3 is 2.53 bits per heavy atom. The molecule has 0 spiro atoms.